The van der Waals surface area contributed by atoms with E-state index in [1.165, 1.54) is 6.92 Å². The Morgan fingerprint density at radius 2 is 2.43 bits per heavy atom. The average molecular weight is 189 g/mol. The molecule has 3 nitrogen and oxygen atoms in total. The highest BCUT2D eigenvalue weighted by Crippen LogP contribution is 2.31. The van der Waals surface area contributed by atoms with Gasteiger partial charge < -0.3 is 10.1 Å². The summed E-state index contributed by atoms with van der Waals surface area (Å²) in [7, 11) is 0. The molecule has 2 radical (unpaired) electrons. The second-order valence-electron chi connectivity index (χ2n) is 3.18. The Morgan fingerprint density at radius 1 is 1.57 bits per heavy atom. The van der Waals surface area contributed by atoms with Crippen LogP contribution >= 0.6 is 0 Å². The van der Waals surface area contributed by atoms with Gasteiger partial charge in [0.25, 0.3) is 0 Å². The van der Waals surface area contributed by atoms with Gasteiger partial charge in [-0.25, -0.2) is 0 Å². The number of carbonyl (C=O) groups is 1. The lowest BCUT2D eigenvalue weighted by Crippen LogP contribution is -2.10. The van der Waals surface area contributed by atoms with Crippen molar-refractivity contribution in [1.29, 1.82) is 0 Å². The zero-order valence-corrected chi connectivity index (χ0v) is 7.96. The van der Waals surface area contributed by atoms with Crippen molar-refractivity contribution in [1.82, 2.24) is 0 Å². The molecule has 0 unspecified atom stereocenters. The van der Waals surface area contributed by atoms with Crippen molar-refractivity contribution >= 4 is 11.7 Å². The van der Waals surface area contributed by atoms with Crippen molar-refractivity contribution < 1.29 is 9.53 Å². The van der Waals surface area contributed by atoms with Gasteiger partial charge >= 0.3 is 5.97 Å². The van der Waals surface area contributed by atoms with E-state index in [0.717, 1.165) is 24.1 Å². The Balaban J connectivity index is 2.35. The minimum absolute atomic E-state index is 0.281. The Morgan fingerprint density at radius 3 is 3.21 bits per heavy atom. The molecule has 0 aromatic heterocycles. The summed E-state index contributed by atoms with van der Waals surface area (Å²) in [6.45, 7) is 4.44. The van der Waals surface area contributed by atoms with Crippen molar-refractivity contribution in [3.8, 4) is 5.75 Å². The Kier molecular flexibility index (Phi) is 2.39. The van der Waals surface area contributed by atoms with Gasteiger partial charge in [-0.3, -0.25) is 4.79 Å². The van der Waals surface area contributed by atoms with E-state index in [1.807, 2.05) is 18.2 Å². The van der Waals surface area contributed by atoms with Crippen LogP contribution in [-0.2, 0) is 11.2 Å². The van der Waals surface area contributed by atoms with Gasteiger partial charge in [-0.05, 0) is 25.0 Å². The minimum atomic E-state index is -0.281. The van der Waals surface area contributed by atoms with Gasteiger partial charge in [0, 0.05) is 18.2 Å². The molecule has 0 spiro atoms. The molecule has 0 fully saturated rings. The number of benzene rings is 1. The van der Waals surface area contributed by atoms with Crippen LogP contribution in [0.15, 0.2) is 18.2 Å². The van der Waals surface area contributed by atoms with Crippen molar-refractivity contribution in [2.75, 3.05) is 5.32 Å². The van der Waals surface area contributed by atoms with Crippen LogP contribution in [0.5, 0.6) is 5.75 Å². The summed E-state index contributed by atoms with van der Waals surface area (Å²) in [4.78, 5) is 10.8. The first-order valence-electron chi connectivity index (χ1n) is 4.56. The van der Waals surface area contributed by atoms with Crippen LogP contribution in [0.1, 0.15) is 18.9 Å². The lowest BCUT2D eigenvalue weighted by Gasteiger charge is -2.19. The van der Waals surface area contributed by atoms with E-state index in [1.54, 1.807) is 0 Å². The molecule has 0 bridgehead atoms. The van der Waals surface area contributed by atoms with Crippen molar-refractivity contribution in [2.45, 2.75) is 19.8 Å². The molecule has 0 aliphatic carbocycles. The zero-order valence-electron chi connectivity index (χ0n) is 7.96. The van der Waals surface area contributed by atoms with Crippen molar-refractivity contribution in [3.63, 3.8) is 0 Å². The fraction of sp³-hybridized carbons (Fsp3) is 0.273. The molecule has 0 saturated heterocycles. The van der Waals surface area contributed by atoms with Gasteiger partial charge in [0.1, 0.15) is 5.75 Å². The number of hydrogen-bond acceptors (Lipinski definition) is 3. The fourth-order valence-electron chi connectivity index (χ4n) is 1.54. The Labute approximate surface area is 83.1 Å². The normalized spacial score (nSPS) is 14.1. The van der Waals surface area contributed by atoms with Crippen LogP contribution < -0.4 is 10.1 Å². The van der Waals surface area contributed by atoms with E-state index in [4.69, 9.17) is 4.74 Å². The SMILES string of the molecule is CC(=O)Oc1cccc2c1CC[C]N2. The second kappa shape index (κ2) is 3.70. The summed E-state index contributed by atoms with van der Waals surface area (Å²) >= 11 is 0. The molecule has 14 heavy (non-hydrogen) atoms. The second-order valence-corrected chi connectivity index (χ2v) is 3.18. The first-order valence-corrected chi connectivity index (χ1v) is 4.56. The maximum absolute atomic E-state index is 10.8. The van der Waals surface area contributed by atoms with Crippen LogP contribution in [0.4, 0.5) is 5.69 Å². The van der Waals surface area contributed by atoms with Crippen molar-refractivity contribution in [2.24, 2.45) is 0 Å². The molecule has 0 amide bonds. The molecule has 1 aliphatic rings. The van der Waals surface area contributed by atoms with E-state index >= 15 is 0 Å². The van der Waals surface area contributed by atoms with E-state index < -0.39 is 0 Å². The monoisotopic (exact) mass is 189 g/mol. The van der Waals surface area contributed by atoms with Gasteiger partial charge in [0.15, 0.2) is 0 Å². The number of ether oxygens (including phenoxy) is 1. The summed E-state index contributed by atoms with van der Waals surface area (Å²) in [6.07, 6.45) is 1.71. The Hall–Kier alpha value is -1.51. The van der Waals surface area contributed by atoms with E-state index in [2.05, 4.69) is 11.9 Å². The number of fused-ring (bicyclic) bond motifs is 1. The van der Waals surface area contributed by atoms with E-state index in [0.29, 0.717) is 5.75 Å². The lowest BCUT2D eigenvalue weighted by atomic mass is 10.0. The summed E-state index contributed by atoms with van der Waals surface area (Å²) in [5.41, 5.74) is 2.04. The fourth-order valence-corrected chi connectivity index (χ4v) is 1.54. The van der Waals surface area contributed by atoms with Crippen molar-refractivity contribution in [3.05, 3.63) is 30.3 Å². The summed E-state index contributed by atoms with van der Waals surface area (Å²) < 4.78 is 5.11. The van der Waals surface area contributed by atoms with Crippen LogP contribution in [-0.4, -0.2) is 5.97 Å². The average Bonchev–Trinajstić information content (AvgIpc) is 2.18. The molecule has 0 atom stereocenters. The highest BCUT2D eigenvalue weighted by molar-refractivity contribution is 5.71. The molecule has 3 heteroatoms. The molecule has 1 aliphatic heterocycles. The van der Waals surface area contributed by atoms with Crippen LogP contribution in [0.2, 0.25) is 0 Å². The molecule has 1 N–H and O–H groups in total. The minimum Gasteiger partial charge on any atom is -0.426 e. The predicted octanol–water partition coefficient (Wildman–Crippen LogP) is 2.01. The third-order valence-electron chi connectivity index (χ3n) is 2.11. The largest absolute Gasteiger partial charge is 0.426 e. The summed E-state index contributed by atoms with van der Waals surface area (Å²) in [5.74, 6) is 0.376. The summed E-state index contributed by atoms with van der Waals surface area (Å²) in [6, 6.07) is 5.62. The van der Waals surface area contributed by atoms with Gasteiger partial charge in [-0.1, -0.05) is 6.07 Å². The standard InChI is InChI=1S/C11H11NO2/c1-8(13)14-11-6-2-5-10-9(11)4-3-7-12-10/h2,5-6,12H,3-4H2,1H3. The molecule has 1 aromatic rings. The topological polar surface area (TPSA) is 38.3 Å². The Bertz CT molecular complexity index is 360. The molecule has 72 valence electrons. The maximum atomic E-state index is 10.8. The highest BCUT2D eigenvalue weighted by Gasteiger charge is 2.14. The number of carbonyl (C=O) groups excluding carboxylic acids is 1. The van der Waals surface area contributed by atoms with E-state index in [9.17, 15) is 4.79 Å². The van der Waals surface area contributed by atoms with Crippen LogP contribution in [0.25, 0.3) is 0 Å². The third-order valence-corrected chi connectivity index (χ3v) is 2.11. The number of rotatable bonds is 1. The molecular formula is C11H11NO2. The smallest absolute Gasteiger partial charge is 0.308 e. The summed E-state index contributed by atoms with van der Waals surface area (Å²) in [5, 5.41) is 3.03. The van der Waals surface area contributed by atoms with Gasteiger partial charge in [-0.15, -0.1) is 0 Å². The van der Waals surface area contributed by atoms with E-state index in [-0.39, 0.29) is 5.97 Å². The number of esters is 1. The third kappa shape index (κ3) is 1.71. The number of nitrogens with one attached hydrogen (secondary N) is 1. The number of anilines is 1. The molecule has 1 heterocycles. The van der Waals surface area contributed by atoms with Crippen LogP contribution in [0, 0.1) is 6.54 Å². The number of hydrogen-bond donors (Lipinski definition) is 1. The van der Waals surface area contributed by atoms with Gasteiger partial charge in [0.05, 0.1) is 6.54 Å². The zero-order chi connectivity index (χ0) is 9.97. The molecule has 0 saturated carbocycles. The lowest BCUT2D eigenvalue weighted by molar-refractivity contribution is -0.131. The van der Waals surface area contributed by atoms with Gasteiger partial charge in [-0.2, -0.15) is 0 Å². The predicted molar refractivity (Wildman–Crippen MR) is 52.9 cm³/mol. The molecule has 1 aromatic carbocycles. The highest BCUT2D eigenvalue weighted by atomic mass is 16.5. The first kappa shape index (κ1) is 9.06. The molecule has 2 rings (SSSR count). The maximum Gasteiger partial charge on any atom is 0.308 e. The molecular weight excluding hydrogens is 178 g/mol. The first-order chi connectivity index (χ1) is 6.77. The van der Waals surface area contributed by atoms with Gasteiger partial charge in [0.2, 0.25) is 0 Å². The van der Waals surface area contributed by atoms with Crippen LogP contribution in [0.3, 0.4) is 0 Å². The quantitative estimate of drug-likeness (QED) is 0.542.